The first-order chi connectivity index (χ1) is 16.3. The number of nitrogens with one attached hydrogen (secondary N) is 1. The summed E-state index contributed by atoms with van der Waals surface area (Å²) < 4.78 is 50.9. The third-order valence-electron chi connectivity index (χ3n) is 4.60. The van der Waals surface area contributed by atoms with E-state index in [1.165, 1.54) is 12.3 Å². The van der Waals surface area contributed by atoms with Gasteiger partial charge in [0.2, 0.25) is 0 Å². The van der Waals surface area contributed by atoms with E-state index in [1.54, 1.807) is 12.1 Å². The van der Waals surface area contributed by atoms with Gasteiger partial charge in [-0.2, -0.15) is 18.3 Å². The number of ether oxygens (including phenoxy) is 2. The molecule has 2 aromatic carbocycles. The topological polar surface area (TPSA) is 55.7 Å². The number of anilines is 1. The molecule has 1 aromatic heterocycles. The maximum absolute atomic E-state index is 12.7. The van der Waals surface area contributed by atoms with Crippen molar-refractivity contribution < 1.29 is 22.6 Å². The fourth-order valence-corrected chi connectivity index (χ4v) is 3.29. The molecule has 0 aliphatic carbocycles. The third kappa shape index (κ3) is 7.08. The highest BCUT2D eigenvalue weighted by molar-refractivity contribution is 9.10. The highest BCUT2D eigenvalue weighted by Crippen LogP contribution is 2.34. The number of hydrazone groups is 1. The number of allylic oxidation sites excluding steroid dienone is 1. The van der Waals surface area contributed by atoms with Crippen LogP contribution in [-0.2, 0) is 19.2 Å². The molecule has 0 atom stereocenters. The number of nitrogens with zero attached hydrogens (tertiary/aromatic N) is 2. The molecule has 0 spiro atoms. The summed E-state index contributed by atoms with van der Waals surface area (Å²) in [6.07, 6.45) is 0.166. The average molecular weight is 534 g/mol. The minimum atomic E-state index is -4.44. The minimum Gasteiger partial charge on any atom is -0.490 e. The van der Waals surface area contributed by atoms with Gasteiger partial charge in [0.1, 0.15) is 12.4 Å². The monoisotopic (exact) mass is 533 g/mol. The lowest BCUT2D eigenvalue weighted by Crippen LogP contribution is -2.06. The Bertz CT molecular complexity index is 1130. The Morgan fingerprint density at radius 1 is 1.12 bits per heavy atom. The van der Waals surface area contributed by atoms with Gasteiger partial charge in [0, 0.05) is 16.2 Å². The number of benzene rings is 2. The van der Waals surface area contributed by atoms with Gasteiger partial charge in [-0.1, -0.05) is 34.1 Å². The van der Waals surface area contributed by atoms with Crippen LogP contribution in [0.1, 0.15) is 29.2 Å². The average Bonchev–Trinajstić information content (AvgIpc) is 2.80. The number of halogens is 4. The van der Waals surface area contributed by atoms with Crippen LogP contribution in [-0.4, -0.2) is 17.8 Å². The normalized spacial score (nSPS) is 11.4. The molecule has 0 unspecified atom stereocenters. The molecule has 1 heterocycles. The van der Waals surface area contributed by atoms with Gasteiger partial charge in [-0.3, -0.25) is 5.43 Å². The van der Waals surface area contributed by atoms with Crippen LogP contribution in [0.3, 0.4) is 0 Å². The van der Waals surface area contributed by atoms with Crippen molar-refractivity contribution in [1.82, 2.24) is 4.98 Å². The molecule has 0 aliphatic rings. The van der Waals surface area contributed by atoms with E-state index in [9.17, 15) is 13.2 Å². The second-order valence-corrected chi connectivity index (χ2v) is 8.06. The molecule has 0 bridgehead atoms. The maximum Gasteiger partial charge on any atom is 0.417 e. The fourth-order valence-electron chi connectivity index (χ4n) is 3.03. The van der Waals surface area contributed by atoms with Crippen LogP contribution in [0.25, 0.3) is 0 Å². The second-order valence-electron chi connectivity index (χ2n) is 7.15. The van der Waals surface area contributed by atoms with Crippen molar-refractivity contribution in [2.24, 2.45) is 5.10 Å². The van der Waals surface area contributed by atoms with Gasteiger partial charge < -0.3 is 9.47 Å². The summed E-state index contributed by atoms with van der Waals surface area (Å²) in [7, 11) is 0. The lowest BCUT2D eigenvalue weighted by atomic mass is 10.1. The van der Waals surface area contributed by atoms with Crippen molar-refractivity contribution in [1.29, 1.82) is 0 Å². The number of hydrogen-bond acceptors (Lipinski definition) is 5. The largest absolute Gasteiger partial charge is 0.490 e. The van der Waals surface area contributed by atoms with Crippen LogP contribution in [0, 0.1) is 0 Å². The Morgan fingerprint density at radius 3 is 2.50 bits per heavy atom. The van der Waals surface area contributed by atoms with Gasteiger partial charge in [0.15, 0.2) is 11.5 Å². The van der Waals surface area contributed by atoms with Crippen molar-refractivity contribution in [3.05, 3.63) is 94.1 Å². The van der Waals surface area contributed by atoms with Crippen LogP contribution in [0.5, 0.6) is 11.5 Å². The van der Waals surface area contributed by atoms with E-state index in [0.717, 1.165) is 33.4 Å². The molecule has 3 rings (SSSR count). The van der Waals surface area contributed by atoms with Crippen molar-refractivity contribution in [2.75, 3.05) is 12.0 Å². The summed E-state index contributed by atoms with van der Waals surface area (Å²) in [4.78, 5) is 3.74. The van der Waals surface area contributed by atoms with Gasteiger partial charge >= 0.3 is 6.18 Å². The van der Waals surface area contributed by atoms with E-state index in [1.807, 2.05) is 37.3 Å². The first-order valence-electron chi connectivity index (χ1n) is 10.4. The number of alkyl halides is 3. The molecule has 178 valence electrons. The molecular weight excluding hydrogens is 511 g/mol. The van der Waals surface area contributed by atoms with Crippen LogP contribution in [0.4, 0.5) is 19.0 Å². The van der Waals surface area contributed by atoms with Crippen molar-refractivity contribution in [2.45, 2.75) is 26.1 Å². The van der Waals surface area contributed by atoms with Crippen LogP contribution in [0.2, 0.25) is 0 Å². The summed E-state index contributed by atoms with van der Waals surface area (Å²) in [5.41, 5.74) is 4.41. The lowest BCUT2D eigenvalue weighted by molar-refractivity contribution is -0.137. The maximum atomic E-state index is 12.7. The lowest BCUT2D eigenvalue weighted by Gasteiger charge is -2.17. The molecule has 1 N–H and O–H groups in total. The highest BCUT2D eigenvalue weighted by atomic mass is 79.9. The van der Waals surface area contributed by atoms with Crippen molar-refractivity contribution in [3.8, 4) is 11.5 Å². The zero-order valence-electron chi connectivity index (χ0n) is 18.4. The first-order valence-corrected chi connectivity index (χ1v) is 11.2. The smallest absolute Gasteiger partial charge is 0.417 e. The first kappa shape index (κ1) is 25.3. The zero-order valence-corrected chi connectivity index (χ0v) is 20.0. The minimum absolute atomic E-state index is 0.190. The molecule has 0 aliphatic heterocycles. The molecule has 3 aromatic rings. The van der Waals surface area contributed by atoms with Gasteiger partial charge in [0.05, 0.1) is 18.4 Å². The number of rotatable bonds is 10. The zero-order chi connectivity index (χ0) is 24.6. The van der Waals surface area contributed by atoms with E-state index in [-0.39, 0.29) is 5.82 Å². The Morgan fingerprint density at radius 2 is 1.88 bits per heavy atom. The molecule has 0 radical (unpaired) electrons. The molecule has 5 nitrogen and oxygen atoms in total. The van der Waals surface area contributed by atoms with Gasteiger partial charge in [-0.25, -0.2) is 4.98 Å². The van der Waals surface area contributed by atoms with E-state index in [2.05, 4.69) is 38.0 Å². The number of hydrogen-bond donors (Lipinski definition) is 1. The number of aromatic nitrogens is 1. The Labute approximate surface area is 204 Å². The van der Waals surface area contributed by atoms with E-state index in [0.29, 0.717) is 31.1 Å². The van der Waals surface area contributed by atoms with E-state index < -0.39 is 11.7 Å². The van der Waals surface area contributed by atoms with E-state index in [4.69, 9.17) is 9.47 Å². The number of pyridine rings is 1. The molecule has 0 fully saturated rings. The standard InChI is InChI=1S/C25H23BrF3N3O2/c1-3-5-19-12-18(14-31-32-23-11-8-20(15-30-23)25(27,28)29)13-22(33-4-2)24(19)34-16-17-6-9-21(26)10-7-17/h3,6-15H,1,4-5,16H2,2H3,(H,30,32)/b31-14-. The van der Waals surface area contributed by atoms with Crippen LogP contribution >= 0.6 is 15.9 Å². The van der Waals surface area contributed by atoms with Gasteiger partial charge in [-0.15, -0.1) is 6.58 Å². The SMILES string of the molecule is C=CCc1cc(/C=N\Nc2ccc(C(F)(F)F)cn2)cc(OCC)c1OCc1ccc(Br)cc1. The molecule has 0 saturated carbocycles. The summed E-state index contributed by atoms with van der Waals surface area (Å²) in [6, 6.07) is 13.7. The summed E-state index contributed by atoms with van der Waals surface area (Å²) >= 11 is 3.42. The Kier molecular flexibility index (Phi) is 8.70. The van der Waals surface area contributed by atoms with Crippen molar-refractivity contribution in [3.63, 3.8) is 0 Å². The molecule has 0 amide bonds. The predicted octanol–water partition coefficient (Wildman–Crippen LogP) is 7.02. The molecule has 9 heteroatoms. The quantitative estimate of drug-likeness (QED) is 0.173. The summed E-state index contributed by atoms with van der Waals surface area (Å²) in [5, 5.41) is 4.09. The third-order valence-corrected chi connectivity index (χ3v) is 5.13. The molecule has 34 heavy (non-hydrogen) atoms. The van der Waals surface area contributed by atoms with E-state index >= 15 is 0 Å². The van der Waals surface area contributed by atoms with Crippen molar-refractivity contribution >= 4 is 28.0 Å². The van der Waals surface area contributed by atoms with Crippen LogP contribution < -0.4 is 14.9 Å². The Balaban J connectivity index is 1.79. The molecular formula is C25H23BrF3N3O2. The predicted molar refractivity (Wildman–Crippen MR) is 130 cm³/mol. The highest BCUT2D eigenvalue weighted by Gasteiger charge is 2.30. The van der Waals surface area contributed by atoms with Gasteiger partial charge in [-0.05, 0) is 60.9 Å². The summed E-state index contributed by atoms with van der Waals surface area (Å²) in [5.74, 6) is 1.38. The van der Waals surface area contributed by atoms with Gasteiger partial charge in [0.25, 0.3) is 0 Å². The Hall–Kier alpha value is -3.33. The van der Waals surface area contributed by atoms with Crippen LogP contribution in [0.15, 0.2) is 77.0 Å². The fraction of sp³-hybridized carbons (Fsp3) is 0.200. The summed E-state index contributed by atoms with van der Waals surface area (Å²) in [6.45, 7) is 6.51. The molecule has 0 saturated heterocycles. The second kappa shape index (κ2) is 11.7.